The number of anilines is 1. The van der Waals surface area contributed by atoms with E-state index < -0.39 is 34.6 Å². The molecule has 1 spiro atoms. The van der Waals surface area contributed by atoms with Crippen LogP contribution in [0.3, 0.4) is 0 Å². The number of ether oxygens (including phenoxy) is 2. The van der Waals surface area contributed by atoms with Gasteiger partial charge in [0, 0.05) is 30.5 Å². The van der Waals surface area contributed by atoms with E-state index in [0.29, 0.717) is 5.69 Å². The topological polar surface area (TPSA) is 85.9 Å². The number of benzene rings is 1. The summed E-state index contributed by atoms with van der Waals surface area (Å²) >= 11 is 0. The van der Waals surface area contributed by atoms with Crippen molar-refractivity contribution in [2.75, 3.05) is 5.73 Å². The van der Waals surface area contributed by atoms with Crippen molar-refractivity contribution in [1.82, 2.24) is 5.32 Å². The minimum absolute atomic E-state index is 0.0501. The minimum atomic E-state index is -2.78. The third-order valence-electron chi connectivity index (χ3n) is 5.40. The zero-order valence-corrected chi connectivity index (χ0v) is 17.7. The van der Waals surface area contributed by atoms with E-state index in [1.54, 1.807) is 27.7 Å². The van der Waals surface area contributed by atoms with E-state index in [2.05, 4.69) is 10.3 Å². The number of nitrogens with zero attached hydrogens (tertiary/aromatic N) is 1. The Kier molecular flexibility index (Phi) is 5.45. The van der Waals surface area contributed by atoms with Gasteiger partial charge in [0.2, 0.25) is 5.92 Å². The van der Waals surface area contributed by atoms with Crippen LogP contribution in [0.4, 0.5) is 23.7 Å². The number of nitrogens with two attached hydrogens (primary N) is 1. The predicted octanol–water partition coefficient (Wildman–Crippen LogP) is 4.87. The highest BCUT2D eigenvalue weighted by Crippen LogP contribution is 2.49. The van der Waals surface area contributed by atoms with Gasteiger partial charge in [0.15, 0.2) is 0 Å². The van der Waals surface area contributed by atoms with E-state index in [1.165, 1.54) is 18.2 Å². The maximum Gasteiger partial charge on any atom is 0.415 e. The van der Waals surface area contributed by atoms with Gasteiger partial charge in [0.1, 0.15) is 17.0 Å². The second-order valence-corrected chi connectivity index (χ2v) is 9.37. The summed E-state index contributed by atoms with van der Waals surface area (Å²) in [5.41, 5.74) is 3.47. The highest BCUT2D eigenvalue weighted by Gasteiger charge is 2.52. The fourth-order valence-electron chi connectivity index (χ4n) is 4.06. The number of alkyl halides is 2. The molecule has 0 radical (unpaired) electrons. The lowest BCUT2D eigenvalue weighted by Crippen LogP contribution is -2.53. The number of alkyl carbamates (subject to hydrolysis) is 1. The van der Waals surface area contributed by atoms with E-state index in [-0.39, 0.29) is 43.7 Å². The lowest BCUT2D eigenvalue weighted by atomic mass is 9.72. The van der Waals surface area contributed by atoms with Gasteiger partial charge in [-0.1, -0.05) is 0 Å². The molecule has 0 aromatic heterocycles. The molecule has 1 aliphatic heterocycles. The summed E-state index contributed by atoms with van der Waals surface area (Å²) in [4.78, 5) is 16.7. The normalized spacial score (nSPS) is 25.2. The first-order valence-electron chi connectivity index (χ1n) is 9.93. The zero-order valence-electron chi connectivity index (χ0n) is 17.7. The monoisotopic (exact) mass is 427 g/mol. The number of hydrogen-bond acceptors (Lipinski definition) is 5. The van der Waals surface area contributed by atoms with Crippen molar-refractivity contribution < 1.29 is 27.4 Å². The molecule has 1 fully saturated rings. The van der Waals surface area contributed by atoms with Gasteiger partial charge >= 0.3 is 6.09 Å². The van der Waals surface area contributed by atoms with Crippen LogP contribution in [0.5, 0.6) is 0 Å². The van der Waals surface area contributed by atoms with Crippen LogP contribution < -0.4 is 11.1 Å². The maximum absolute atomic E-state index is 14.7. The van der Waals surface area contributed by atoms with Gasteiger partial charge in [0.25, 0.3) is 6.02 Å². The SMILES string of the molecule is CC(C)(C)OC(=O)NC1=N[C@](C)(c2cc(N)ccc2F)CC2(CCC(F)(F)CC2)O1. The molecule has 30 heavy (non-hydrogen) atoms. The fourth-order valence-corrected chi connectivity index (χ4v) is 4.06. The average molecular weight is 427 g/mol. The fraction of sp³-hybridized carbons (Fsp3) is 0.619. The van der Waals surface area contributed by atoms with Gasteiger partial charge in [-0.25, -0.2) is 28.3 Å². The molecule has 166 valence electrons. The number of halogens is 3. The third kappa shape index (κ3) is 4.99. The second kappa shape index (κ2) is 7.35. The summed E-state index contributed by atoms with van der Waals surface area (Å²) in [5, 5.41) is 2.45. The van der Waals surface area contributed by atoms with Crippen LogP contribution in [0, 0.1) is 5.82 Å². The van der Waals surface area contributed by atoms with Crippen molar-refractivity contribution in [2.45, 2.75) is 82.5 Å². The van der Waals surface area contributed by atoms with Gasteiger partial charge in [-0.15, -0.1) is 0 Å². The number of carbonyl (C=O) groups is 1. The molecular weight excluding hydrogens is 399 g/mol. The Morgan fingerprint density at radius 3 is 2.47 bits per heavy atom. The Bertz CT molecular complexity index is 857. The van der Waals surface area contributed by atoms with Gasteiger partial charge in [-0.2, -0.15) is 0 Å². The molecule has 1 atom stereocenters. The number of rotatable bonds is 1. The number of carbonyl (C=O) groups excluding carboxylic acids is 1. The standard InChI is InChI=1S/C21H28F3N3O3/c1-18(2,3)30-17(28)26-16-27-19(4,14-11-13(25)5-6-15(14)22)12-20(29-16)7-9-21(23,24)10-8-20/h5-6,11H,7-10,12,25H2,1-4H3,(H,26,27,28)/t19-/m0/s1. The summed E-state index contributed by atoms with van der Waals surface area (Å²) < 4.78 is 53.5. The van der Waals surface area contributed by atoms with Crippen LogP contribution in [-0.2, 0) is 15.0 Å². The molecule has 2 aliphatic rings. The largest absolute Gasteiger partial charge is 0.458 e. The zero-order chi connectivity index (χ0) is 22.4. The van der Waals surface area contributed by atoms with Crippen molar-refractivity contribution in [1.29, 1.82) is 0 Å². The van der Waals surface area contributed by atoms with Crippen molar-refractivity contribution in [3.05, 3.63) is 29.6 Å². The highest BCUT2D eigenvalue weighted by molar-refractivity contribution is 5.91. The molecular formula is C21H28F3N3O3. The van der Waals surface area contributed by atoms with Gasteiger partial charge in [-0.3, -0.25) is 0 Å². The minimum Gasteiger partial charge on any atom is -0.458 e. The van der Waals surface area contributed by atoms with E-state index in [9.17, 15) is 18.0 Å². The Hall–Kier alpha value is -2.45. The molecule has 3 N–H and O–H groups in total. The molecule has 1 aliphatic carbocycles. The number of amides is 1. The number of aliphatic imine (C=N–C) groups is 1. The molecule has 0 bridgehead atoms. The van der Waals surface area contributed by atoms with Crippen LogP contribution >= 0.6 is 0 Å². The summed E-state index contributed by atoms with van der Waals surface area (Å²) in [7, 11) is 0. The summed E-state index contributed by atoms with van der Waals surface area (Å²) in [6.07, 6.45) is -1.24. The smallest absolute Gasteiger partial charge is 0.415 e. The van der Waals surface area contributed by atoms with E-state index in [1.807, 2.05) is 0 Å². The van der Waals surface area contributed by atoms with Crippen molar-refractivity contribution in [3.8, 4) is 0 Å². The van der Waals surface area contributed by atoms with E-state index in [0.717, 1.165) is 0 Å². The quantitative estimate of drug-likeness (QED) is 0.626. The van der Waals surface area contributed by atoms with Crippen molar-refractivity contribution >= 4 is 17.8 Å². The molecule has 1 amide bonds. The maximum atomic E-state index is 14.7. The molecule has 1 saturated carbocycles. The van der Waals surface area contributed by atoms with E-state index >= 15 is 0 Å². The lowest BCUT2D eigenvalue weighted by molar-refractivity contribution is -0.113. The Balaban J connectivity index is 1.97. The summed E-state index contributed by atoms with van der Waals surface area (Å²) in [6, 6.07) is 3.97. The summed E-state index contributed by atoms with van der Waals surface area (Å²) in [6.45, 7) is 6.78. The molecule has 0 saturated heterocycles. The Morgan fingerprint density at radius 1 is 1.23 bits per heavy atom. The lowest BCUT2D eigenvalue weighted by Gasteiger charge is -2.47. The second-order valence-electron chi connectivity index (χ2n) is 9.37. The predicted molar refractivity (Wildman–Crippen MR) is 107 cm³/mol. The van der Waals surface area contributed by atoms with Crippen molar-refractivity contribution in [3.63, 3.8) is 0 Å². The van der Waals surface area contributed by atoms with Crippen molar-refractivity contribution in [2.24, 2.45) is 4.99 Å². The van der Waals surface area contributed by atoms with Gasteiger partial charge in [-0.05, 0) is 58.7 Å². The van der Waals surface area contributed by atoms with Crippen LogP contribution in [0.25, 0.3) is 0 Å². The molecule has 9 heteroatoms. The first-order valence-corrected chi connectivity index (χ1v) is 9.93. The first-order chi connectivity index (χ1) is 13.7. The van der Waals surface area contributed by atoms with Gasteiger partial charge < -0.3 is 15.2 Å². The molecule has 0 unspecified atom stereocenters. The van der Waals surface area contributed by atoms with Crippen LogP contribution in [0.1, 0.15) is 65.4 Å². The molecule has 1 aromatic carbocycles. The van der Waals surface area contributed by atoms with Crippen LogP contribution in [0.2, 0.25) is 0 Å². The molecule has 1 heterocycles. The number of amidine groups is 1. The average Bonchev–Trinajstić information content (AvgIpc) is 2.58. The summed E-state index contributed by atoms with van der Waals surface area (Å²) in [5.74, 6) is -3.30. The number of hydrogen-bond donors (Lipinski definition) is 2. The molecule has 3 rings (SSSR count). The van der Waals surface area contributed by atoms with Gasteiger partial charge in [0.05, 0.1) is 5.54 Å². The van der Waals surface area contributed by atoms with Crippen LogP contribution in [0.15, 0.2) is 23.2 Å². The first kappa shape index (κ1) is 22.2. The highest BCUT2D eigenvalue weighted by atomic mass is 19.3. The third-order valence-corrected chi connectivity index (χ3v) is 5.40. The number of nitrogen functional groups attached to an aromatic ring is 1. The number of nitrogens with one attached hydrogen (secondary N) is 1. The Morgan fingerprint density at radius 2 is 1.87 bits per heavy atom. The van der Waals surface area contributed by atoms with Crippen LogP contribution in [-0.4, -0.2) is 29.2 Å². The molecule has 1 aromatic rings. The van der Waals surface area contributed by atoms with E-state index in [4.69, 9.17) is 15.2 Å². The molecule has 6 nitrogen and oxygen atoms in total. The Labute approximate surface area is 174 Å².